The molecule has 1 fully saturated rings. The lowest BCUT2D eigenvalue weighted by Crippen LogP contribution is -2.44. The Balaban J connectivity index is 1.29. The number of hydrogen-bond donors (Lipinski definition) is 1. The molecule has 3 heterocycles. The Kier molecular flexibility index (Phi) is 8.42. The summed E-state index contributed by atoms with van der Waals surface area (Å²) in [6.07, 6.45) is 17.1. The zero-order valence-corrected chi connectivity index (χ0v) is 23.1. The van der Waals surface area contributed by atoms with Crippen LogP contribution >= 0.6 is 0 Å². The standard InChI is InChI=1S/C31H37N7O/c1-22-29(23(2)36-21-35-22)31(39)34-19-24-10-12-25(13-11-24)20-38(17-14-28-32-16-18-37(28)3)27-9-6-8-26-7-4-5-15-33-30(26)27/h5,7,10-13,15-16,18,21,27H,4,6,8-9,14,17,19-20H2,1-3H3,(H,34,39). The minimum atomic E-state index is -0.144. The van der Waals surface area contributed by atoms with E-state index in [1.54, 1.807) is 0 Å². The van der Waals surface area contributed by atoms with Crippen molar-refractivity contribution in [3.05, 3.63) is 101 Å². The highest BCUT2D eigenvalue weighted by atomic mass is 16.1. The number of allylic oxidation sites excluding steroid dienone is 2. The van der Waals surface area contributed by atoms with Crippen LogP contribution in [0.1, 0.15) is 64.4 Å². The summed E-state index contributed by atoms with van der Waals surface area (Å²) in [6.45, 7) is 5.86. The van der Waals surface area contributed by atoms with Gasteiger partial charge in [-0.15, -0.1) is 0 Å². The molecule has 3 aromatic rings. The molecule has 5 rings (SSSR count). The predicted molar refractivity (Wildman–Crippen MR) is 153 cm³/mol. The van der Waals surface area contributed by atoms with Gasteiger partial charge in [0.15, 0.2) is 0 Å². The number of amides is 1. The molecule has 1 aliphatic heterocycles. The minimum Gasteiger partial charge on any atom is -0.348 e. The second-order valence-corrected chi connectivity index (χ2v) is 10.4. The van der Waals surface area contributed by atoms with Gasteiger partial charge in [-0.25, -0.2) is 15.0 Å². The average molecular weight is 524 g/mol. The van der Waals surface area contributed by atoms with Crippen molar-refractivity contribution >= 4 is 11.6 Å². The van der Waals surface area contributed by atoms with Crippen molar-refractivity contribution in [3.63, 3.8) is 0 Å². The summed E-state index contributed by atoms with van der Waals surface area (Å²) in [6, 6.07) is 8.83. The zero-order chi connectivity index (χ0) is 27.2. The molecular formula is C31H37N7O. The van der Waals surface area contributed by atoms with Crippen LogP contribution in [-0.4, -0.2) is 48.6 Å². The number of carbonyl (C=O) groups is 1. The third-order valence-corrected chi connectivity index (χ3v) is 7.69. The molecule has 1 N–H and O–H groups in total. The first-order valence-corrected chi connectivity index (χ1v) is 13.8. The second kappa shape index (κ2) is 12.3. The molecule has 1 aliphatic carbocycles. The van der Waals surface area contributed by atoms with E-state index in [4.69, 9.17) is 4.99 Å². The van der Waals surface area contributed by atoms with Crippen molar-refractivity contribution in [2.24, 2.45) is 12.0 Å². The lowest BCUT2D eigenvalue weighted by Gasteiger charge is -2.36. The molecule has 0 radical (unpaired) electrons. The Morgan fingerprint density at radius 1 is 1.10 bits per heavy atom. The molecule has 1 amide bonds. The summed E-state index contributed by atoms with van der Waals surface area (Å²) in [5.74, 6) is 0.948. The number of aliphatic imine (C=N–C) groups is 1. The van der Waals surface area contributed by atoms with Gasteiger partial charge in [-0.05, 0) is 56.2 Å². The lowest BCUT2D eigenvalue weighted by molar-refractivity contribution is 0.0948. The highest BCUT2D eigenvalue weighted by Gasteiger charge is 2.30. The van der Waals surface area contributed by atoms with E-state index in [0.717, 1.165) is 50.2 Å². The fourth-order valence-electron chi connectivity index (χ4n) is 5.52. The molecule has 0 saturated heterocycles. The molecule has 2 aromatic heterocycles. The molecular weight excluding hydrogens is 486 g/mol. The van der Waals surface area contributed by atoms with E-state index >= 15 is 0 Å². The summed E-state index contributed by atoms with van der Waals surface area (Å²) < 4.78 is 2.10. The van der Waals surface area contributed by atoms with Crippen molar-refractivity contribution in [2.75, 3.05) is 6.54 Å². The largest absolute Gasteiger partial charge is 0.348 e. The van der Waals surface area contributed by atoms with E-state index in [-0.39, 0.29) is 11.9 Å². The number of imidazole rings is 1. The highest BCUT2D eigenvalue weighted by molar-refractivity contribution is 6.05. The smallest absolute Gasteiger partial charge is 0.255 e. The van der Waals surface area contributed by atoms with Crippen LogP contribution in [0.15, 0.2) is 71.9 Å². The number of aromatic nitrogens is 4. The number of benzene rings is 1. The number of nitrogens with one attached hydrogen (secondary N) is 1. The molecule has 202 valence electrons. The first-order chi connectivity index (χ1) is 19.0. The molecule has 1 aromatic carbocycles. The quantitative estimate of drug-likeness (QED) is 0.442. The Bertz CT molecular complexity index is 1380. The first-order valence-electron chi connectivity index (χ1n) is 13.8. The lowest BCUT2D eigenvalue weighted by atomic mass is 9.86. The summed E-state index contributed by atoms with van der Waals surface area (Å²) in [5, 5.41) is 3.02. The van der Waals surface area contributed by atoms with Gasteiger partial charge in [0.25, 0.3) is 5.91 Å². The number of aryl methyl sites for hydroxylation is 3. The zero-order valence-electron chi connectivity index (χ0n) is 23.1. The predicted octanol–water partition coefficient (Wildman–Crippen LogP) is 4.64. The van der Waals surface area contributed by atoms with Crippen molar-refractivity contribution in [3.8, 4) is 0 Å². The van der Waals surface area contributed by atoms with Gasteiger partial charge >= 0.3 is 0 Å². The van der Waals surface area contributed by atoms with Gasteiger partial charge in [0.2, 0.25) is 0 Å². The summed E-state index contributed by atoms with van der Waals surface area (Å²) in [4.78, 5) is 33.1. The van der Waals surface area contributed by atoms with Crippen molar-refractivity contribution < 1.29 is 4.79 Å². The third kappa shape index (κ3) is 6.40. The highest BCUT2D eigenvalue weighted by Crippen LogP contribution is 2.28. The number of rotatable bonds is 9. The maximum Gasteiger partial charge on any atom is 0.255 e. The SMILES string of the molecule is Cc1ncnc(C)c1C(=O)NCc1ccc(CN(CCc2nccn2C)C2CCCC3=CCC=CN=C32)cc1. The van der Waals surface area contributed by atoms with Gasteiger partial charge in [0.05, 0.1) is 28.7 Å². The van der Waals surface area contributed by atoms with E-state index in [0.29, 0.717) is 23.5 Å². The topological polar surface area (TPSA) is 88.3 Å². The summed E-state index contributed by atoms with van der Waals surface area (Å²) >= 11 is 0. The van der Waals surface area contributed by atoms with Crippen LogP contribution in [0.25, 0.3) is 0 Å². The number of carbonyl (C=O) groups excluding carboxylic acids is 1. The molecule has 1 saturated carbocycles. The van der Waals surface area contributed by atoms with Gasteiger partial charge in [0, 0.05) is 51.7 Å². The van der Waals surface area contributed by atoms with Crippen LogP contribution in [-0.2, 0) is 26.6 Å². The Labute approximate surface area is 230 Å². The van der Waals surface area contributed by atoms with E-state index in [1.807, 2.05) is 32.4 Å². The summed E-state index contributed by atoms with van der Waals surface area (Å²) in [5.41, 5.74) is 6.86. The molecule has 1 unspecified atom stereocenters. The van der Waals surface area contributed by atoms with Crippen LogP contribution in [0.5, 0.6) is 0 Å². The Hall–Kier alpha value is -3.91. The molecule has 8 heteroatoms. The maximum absolute atomic E-state index is 12.8. The third-order valence-electron chi connectivity index (χ3n) is 7.69. The van der Waals surface area contributed by atoms with Crippen LogP contribution in [0.3, 0.4) is 0 Å². The van der Waals surface area contributed by atoms with Crippen LogP contribution in [0, 0.1) is 13.8 Å². The fourth-order valence-corrected chi connectivity index (χ4v) is 5.52. The van der Waals surface area contributed by atoms with E-state index in [2.05, 4.69) is 73.2 Å². The molecule has 0 spiro atoms. The van der Waals surface area contributed by atoms with Crippen LogP contribution in [0.4, 0.5) is 0 Å². The summed E-state index contributed by atoms with van der Waals surface area (Å²) in [7, 11) is 2.05. The molecule has 8 nitrogen and oxygen atoms in total. The van der Waals surface area contributed by atoms with Gasteiger partial charge in [0.1, 0.15) is 12.2 Å². The monoisotopic (exact) mass is 523 g/mol. The minimum absolute atomic E-state index is 0.144. The Morgan fingerprint density at radius 2 is 1.87 bits per heavy atom. The van der Waals surface area contributed by atoms with Crippen LogP contribution in [0.2, 0.25) is 0 Å². The molecule has 0 bridgehead atoms. The molecule has 1 atom stereocenters. The van der Waals surface area contributed by atoms with E-state index in [1.165, 1.54) is 29.6 Å². The fraction of sp³-hybridized carbons (Fsp3) is 0.387. The number of nitrogens with zero attached hydrogens (tertiary/aromatic N) is 6. The van der Waals surface area contributed by atoms with E-state index in [9.17, 15) is 4.79 Å². The van der Waals surface area contributed by atoms with Crippen LogP contribution < -0.4 is 5.32 Å². The average Bonchev–Trinajstić information content (AvgIpc) is 3.19. The normalized spacial score (nSPS) is 16.9. The van der Waals surface area contributed by atoms with Gasteiger partial charge in [-0.3, -0.25) is 14.7 Å². The number of fused-ring (bicyclic) bond motifs is 1. The molecule has 39 heavy (non-hydrogen) atoms. The molecule has 2 aliphatic rings. The second-order valence-electron chi connectivity index (χ2n) is 10.4. The van der Waals surface area contributed by atoms with Crippen molar-refractivity contribution in [1.82, 2.24) is 29.7 Å². The van der Waals surface area contributed by atoms with Gasteiger partial charge < -0.3 is 9.88 Å². The van der Waals surface area contributed by atoms with Gasteiger partial charge in [-0.1, -0.05) is 36.4 Å². The first kappa shape index (κ1) is 26.7. The van der Waals surface area contributed by atoms with Crippen molar-refractivity contribution in [2.45, 2.75) is 65.1 Å². The maximum atomic E-state index is 12.8. The van der Waals surface area contributed by atoms with E-state index < -0.39 is 0 Å². The van der Waals surface area contributed by atoms with Crippen molar-refractivity contribution in [1.29, 1.82) is 0 Å². The van der Waals surface area contributed by atoms with Gasteiger partial charge in [-0.2, -0.15) is 0 Å². The number of hydrogen-bond acceptors (Lipinski definition) is 6. The Morgan fingerprint density at radius 3 is 2.62 bits per heavy atom.